The highest BCUT2D eigenvalue weighted by Gasteiger charge is 2.26. The van der Waals surface area contributed by atoms with Gasteiger partial charge in [0.25, 0.3) is 5.91 Å². The fraction of sp³-hybridized carbons (Fsp3) is 0.316. The van der Waals surface area contributed by atoms with E-state index in [9.17, 15) is 13.2 Å². The van der Waals surface area contributed by atoms with Crippen molar-refractivity contribution in [1.29, 1.82) is 0 Å². The third-order valence-corrected chi connectivity index (χ3v) is 6.63. The summed E-state index contributed by atoms with van der Waals surface area (Å²) in [6, 6.07) is 10.6. The molecule has 0 radical (unpaired) electrons. The number of primary sulfonamides is 1. The average molecular weight is 452 g/mol. The molecule has 1 saturated heterocycles. The van der Waals surface area contributed by atoms with Gasteiger partial charge in [-0.3, -0.25) is 4.79 Å². The zero-order chi connectivity index (χ0) is 19.8. The number of anilines is 1. The maximum atomic E-state index is 12.9. The molecule has 1 fully saturated rings. The Balaban J connectivity index is 1.77. The summed E-state index contributed by atoms with van der Waals surface area (Å²) in [7, 11) is -3.80. The van der Waals surface area contributed by atoms with Gasteiger partial charge in [-0.25, -0.2) is 13.6 Å². The fourth-order valence-electron chi connectivity index (χ4n) is 3.34. The number of carbonyl (C=O) groups is 1. The van der Waals surface area contributed by atoms with E-state index in [-0.39, 0.29) is 10.8 Å². The van der Waals surface area contributed by atoms with Crippen LogP contribution >= 0.6 is 15.9 Å². The normalized spacial score (nSPS) is 15.1. The molecule has 0 spiro atoms. The molecule has 0 aromatic heterocycles. The topological polar surface area (TPSA) is 83.7 Å². The predicted octanol–water partition coefficient (Wildman–Crippen LogP) is 2.68. The van der Waals surface area contributed by atoms with Crippen LogP contribution in [-0.4, -0.2) is 45.4 Å². The second-order valence-corrected chi connectivity index (χ2v) is 9.09. The third-order valence-electron chi connectivity index (χ3n) is 4.82. The second-order valence-electron chi connectivity index (χ2n) is 6.71. The van der Waals surface area contributed by atoms with Gasteiger partial charge in [-0.05, 0) is 43.2 Å². The number of sulfonamides is 1. The number of carbonyl (C=O) groups excluding carboxylic acids is 1. The van der Waals surface area contributed by atoms with E-state index in [1.165, 1.54) is 6.07 Å². The molecule has 27 heavy (non-hydrogen) atoms. The van der Waals surface area contributed by atoms with Crippen molar-refractivity contribution < 1.29 is 13.2 Å². The van der Waals surface area contributed by atoms with Crippen LogP contribution in [0.25, 0.3) is 0 Å². The molecule has 8 heteroatoms. The van der Waals surface area contributed by atoms with Gasteiger partial charge in [0.15, 0.2) is 0 Å². The van der Waals surface area contributed by atoms with Gasteiger partial charge in [-0.15, -0.1) is 0 Å². The number of halogens is 1. The Morgan fingerprint density at radius 2 is 1.67 bits per heavy atom. The predicted molar refractivity (Wildman–Crippen MR) is 110 cm³/mol. The lowest BCUT2D eigenvalue weighted by molar-refractivity contribution is 0.0746. The van der Waals surface area contributed by atoms with Crippen molar-refractivity contribution in [3.05, 3.63) is 57.6 Å². The largest absolute Gasteiger partial charge is 0.367 e. The molecule has 0 saturated carbocycles. The molecule has 2 aromatic rings. The lowest BCUT2D eigenvalue weighted by Crippen LogP contribution is -2.49. The lowest BCUT2D eigenvalue weighted by atomic mass is 10.0. The minimum Gasteiger partial charge on any atom is -0.367 e. The Kier molecular flexibility index (Phi) is 5.60. The van der Waals surface area contributed by atoms with Crippen molar-refractivity contribution in [2.45, 2.75) is 18.7 Å². The standard InChI is InChI=1S/C19H22BrN3O3S/c1-13-11-14(2)16(20)12-15(13)19(24)23-9-7-22(8-10-23)17-5-3-4-6-18(17)27(21,25)26/h3-6,11-12H,7-10H2,1-2H3,(H2,21,25,26). The quantitative estimate of drug-likeness (QED) is 0.777. The first kappa shape index (κ1) is 19.9. The Morgan fingerprint density at radius 3 is 2.30 bits per heavy atom. The molecular formula is C19H22BrN3O3S. The summed E-state index contributed by atoms with van der Waals surface area (Å²) in [6.07, 6.45) is 0. The lowest BCUT2D eigenvalue weighted by Gasteiger charge is -2.37. The Bertz CT molecular complexity index is 984. The maximum absolute atomic E-state index is 12.9. The number of hydrogen-bond acceptors (Lipinski definition) is 4. The van der Waals surface area contributed by atoms with Crippen LogP contribution in [0.15, 0.2) is 45.8 Å². The Morgan fingerprint density at radius 1 is 1.04 bits per heavy atom. The summed E-state index contributed by atoms with van der Waals surface area (Å²) in [5.41, 5.74) is 3.31. The molecule has 0 aliphatic carbocycles. The highest BCUT2D eigenvalue weighted by atomic mass is 79.9. The summed E-state index contributed by atoms with van der Waals surface area (Å²) in [5.74, 6) is -0.00687. The summed E-state index contributed by atoms with van der Waals surface area (Å²) in [4.78, 5) is 16.8. The van der Waals surface area contributed by atoms with E-state index in [2.05, 4.69) is 15.9 Å². The molecule has 3 rings (SSSR count). The van der Waals surface area contributed by atoms with Gasteiger partial charge in [0.05, 0.1) is 5.69 Å². The molecule has 1 aliphatic rings. The number of nitrogens with two attached hydrogens (primary N) is 1. The monoisotopic (exact) mass is 451 g/mol. The number of rotatable bonds is 3. The van der Waals surface area contributed by atoms with Crippen molar-refractivity contribution in [3.63, 3.8) is 0 Å². The van der Waals surface area contributed by atoms with Crippen molar-refractivity contribution in [2.75, 3.05) is 31.1 Å². The molecule has 0 unspecified atom stereocenters. The Hall–Kier alpha value is -1.90. The molecule has 2 aromatic carbocycles. The van der Waals surface area contributed by atoms with E-state index in [1.807, 2.05) is 30.9 Å². The molecule has 2 N–H and O–H groups in total. The zero-order valence-electron chi connectivity index (χ0n) is 15.3. The van der Waals surface area contributed by atoms with Crippen LogP contribution < -0.4 is 10.0 Å². The first-order chi connectivity index (χ1) is 12.7. The van der Waals surface area contributed by atoms with Crippen LogP contribution in [0, 0.1) is 13.8 Å². The minimum absolute atomic E-state index is 0.00687. The van der Waals surface area contributed by atoms with Crippen molar-refractivity contribution in [2.24, 2.45) is 5.14 Å². The summed E-state index contributed by atoms with van der Waals surface area (Å²) in [6.45, 7) is 6.05. The third kappa shape index (κ3) is 4.17. The van der Waals surface area contributed by atoms with E-state index in [1.54, 1.807) is 23.1 Å². The number of benzene rings is 2. The highest BCUT2D eigenvalue weighted by Crippen LogP contribution is 2.26. The van der Waals surface area contributed by atoms with Crippen LogP contribution in [0.2, 0.25) is 0 Å². The fourth-order valence-corrected chi connectivity index (χ4v) is 4.44. The van der Waals surface area contributed by atoms with E-state index in [4.69, 9.17) is 5.14 Å². The number of piperazine rings is 1. The highest BCUT2D eigenvalue weighted by molar-refractivity contribution is 9.10. The van der Waals surface area contributed by atoms with Gasteiger partial charge < -0.3 is 9.80 Å². The zero-order valence-corrected chi connectivity index (χ0v) is 17.7. The number of para-hydroxylation sites is 1. The molecule has 6 nitrogen and oxygen atoms in total. The molecule has 1 aliphatic heterocycles. The summed E-state index contributed by atoms with van der Waals surface area (Å²) >= 11 is 3.49. The van der Waals surface area contributed by atoms with Crippen LogP contribution in [0.3, 0.4) is 0 Å². The first-order valence-corrected chi connectivity index (χ1v) is 10.9. The number of nitrogens with zero attached hydrogens (tertiary/aromatic N) is 2. The SMILES string of the molecule is Cc1cc(C)c(C(=O)N2CCN(c3ccccc3S(N)(=O)=O)CC2)cc1Br. The van der Waals surface area contributed by atoms with E-state index in [0.717, 1.165) is 15.6 Å². The number of aryl methyl sites for hydroxylation is 2. The van der Waals surface area contributed by atoms with Crippen molar-refractivity contribution in [3.8, 4) is 0 Å². The molecule has 0 atom stereocenters. The van der Waals surface area contributed by atoms with Crippen LogP contribution in [0.5, 0.6) is 0 Å². The minimum atomic E-state index is -3.80. The van der Waals surface area contributed by atoms with Gasteiger partial charge in [0.2, 0.25) is 10.0 Å². The van der Waals surface area contributed by atoms with Crippen molar-refractivity contribution in [1.82, 2.24) is 4.90 Å². The van der Waals surface area contributed by atoms with Gasteiger partial charge in [0, 0.05) is 36.2 Å². The van der Waals surface area contributed by atoms with Crippen molar-refractivity contribution >= 4 is 37.5 Å². The summed E-state index contributed by atoms with van der Waals surface area (Å²) in [5, 5.41) is 5.34. The van der Waals surface area contributed by atoms with Crippen LogP contribution in [-0.2, 0) is 10.0 Å². The van der Waals surface area contributed by atoms with E-state index in [0.29, 0.717) is 37.4 Å². The second kappa shape index (κ2) is 7.61. The van der Waals surface area contributed by atoms with Gasteiger partial charge in [-0.2, -0.15) is 0 Å². The average Bonchev–Trinajstić information content (AvgIpc) is 2.63. The van der Waals surface area contributed by atoms with Crippen LogP contribution in [0.4, 0.5) is 5.69 Å². The molecule has 144 valence electrons. The number of amides is 1. The maximum Gasteiger partial charge on any atom is 0.254 e. The summed E-state index contributed by atoms with van der Waals surface area (Å²) < 4.78 is 24.6. The molecular weight excluding hydrogens is 430 g/mol. The smallest absolute Gasteiger partial charge is 0.254 e. The first-order valence-electron chi connectivity index (χ1n) is 8.61. The molecule has 0 bridgehead atoms. The van der Waals surface area contributed by atoms with E-state index < -0.39 is 10.0 Å². The van der Waals surface area contributed by atoms with Crippen LogP contribution in [0.1, 0.15) is 21.5 Å². The Labute approximate surface area is 168 Å². The molecule has 1 amide bonds. The number of hydrogen-bond donors (Lipinski definition) is 1. The van der Waals surface area contributed by atoms with Gasteiger partial charge in [0.1, 0.15) is 4.90 Å². The van der Waals surface area contributed by atoms with Gasteiger partial charge >= 0.3 is 0 Å². The van der Waals surface area contributed by atoms with E-state index >= 15 is 0 Å². The molecule has 1 heterocycles. The van der Waals surface area contributed by atoms with Gasteiger partial charge in [-0.1, -0.05) is 34.1 Å².